The highest BCUT2D eigenvalue weighted by Crippen LogP contribution is 2.39. The van der Waals surface area contributed by atoms with Crippen molar-refractivity contribution >= 4 is 70.9 Å². The van der Waals surface area contributed by atoms with Crippen LogP contribution in [0.25, 0.3) is 0 Å². The molecule has 3 heterocycles. The first-order chi connectivity index (χ1) is 48.3. The molecule has 2 saturated heterocycles. The van der Waals surface area contributed by atoms with E-state index in [9.17, 15) is 59.9 Å². The third kappa shape index (κ3) is 19.0. The van der Waals surface area contributed by atoms with Crippen molar-refractivity contribution in [2.45, 2.75) is 196 Å². The number of benzene rings is 2. The molecule has 0 unspecified atom stereocenters. The van der Waals surface area contributed by atoms with E-state index in [1.54, 1.807) is 32.9 Å². The van der Waals surface area contributed by atoms with Gasteiger partial charge in [0.15, 0.2) is 0 Å². The van der Waals surface area contributed by atoms with Gasteiger partial charge in [-0.1, -0.05) is 64.3 Å². The van der Waals surface area contributed by atoms with Gasteiger partial charge in [-0.25, -0.2) is 8.78 Å². The molecule has 4 fully saturated rings. The maximum absolute atomic E-state index is 15.3. The summed E-state index contributed by atoms with van der Waals surface area (Å²) >= 11 is 0. The summed E-state index contributed by atoms with van der Waals surface area (Å²) in [5, 5.41) is 8.18. The Balaban J connectivity index is 1.31. The average molecular weight is 1460 g/mol. The Morgan fingerprint density at radius 2 is 1.25 bits per heavy atom. The molecule has 3 aliphatic heterocycles. The van der Waals surface area contributed by atoms with Crippen molar-refractivity contribution in [1.29, 1.82) is 0 Å². The molecule has 1 spiro atoms. The van der Waals surface area contributed by atoms with Crippen LogP contribution in [0.1, 0.15) is 139 Å². The predicted octanol–water partition coefficient (Wildman–Crippen LogP) is 5.09. The van der Waals surface area contributed by atoms with Crippen molar-refractivity contribution < 1.29 is 92.7 Å². The first kappa shape index (κ1) is 81.6. The monoisotopic (exact) mass is 1460 g/mol. The van der Waals surface area contributed by atoms with Crippen molar-refractivity contribution in [3.63, 3.8) is 0 Å². The van der Waals surface area contributed by atoms with Gasteiger partial charge in [0.1, 0.15) is 71.1 Å². The number of amides is 12. The number of aryl methyl sites for hydroxylation is 1. The topological polar surface area (TPSA) is 270 Å². The maximum Gasteiger partial charge on any atom is 0.422 e. The number of fused-ring (bicyclic) bond motifs is 3. The van der Waals surface area contributed by atoms with E-state index in [4.69, 9.17) is 0 Å². The van der Waals surface area contributed by atoms with Crippen molar-refractivity contribution in [3.05, 3.63) is 82.4 Å². The molecule has 9 atom stereocenters. The lowest BCUT2D eigenvalue weighted by Gasteiger charge is -2.46. The number of alkyl halides is 6. The van der Waals surface area contributed by atoms with Gasteiger partial charge in [-0.15, -0.1) is 0 Å². The van der Waals surface area contributed by atoms with Gasteiger partial charge in [-0.3, -0.25) is 57.5 Å². The summed E-state index contributed by atoms with van der Waals surface area (Å²) in [6.07, 6.45) is -5.93. The fourth-order valence-corrected chi connectivity index (χ4v) is 14.4. The summed E-state index contributed by atoms with van der Waals surface area (Å²) in [6, 6.07) is -6.97. The molecule has 3 N–H and O–H groups in total. The molecule has 568 valence electrons. The highest BCUT2D eigenvalue weighted by molar-refractivity contribution is 6.01. The predicted molar refractivity (Wildman–Crippen MR) is 359 cm³/mol. The third-order valence-electron chi connectivity index (χ3n) is 21.0. The zero-order chi connectivity index (χ0) is 76.5. The average Bonchev–Trinajstić information content (AvgIpc) is 1.67. The van der Waals surface area contributed by atoms with Crippen LogP contribution in [0.15, 0.2) is 48.6 Å². The zero-order valence-electron chi connectivity index (χ0n) is 60.2. The van der Waals surface area contributed by atoms with Gasteiger partial charge in [-0.05, 0) is 124 Å². The molecule has 0 radical (unpaired) electrons. The van der Waals surface area contributed by atoms with E-state index in [1.165, 1.54) is 59.1 Å². The normalized spacial score (nSPS) is 26.0. The molecule has 2 saturated carbocycles. The van der Waals surface area contributed by atoms with Gasteiger partial charge >= 0.3 is 12.4 Å². The van der Waals surface area contributed by atoms with Gasteiger partial charge in [0.2, 0.25) is 70.9 Å². The molecule has 32 heteroatoms. The quantitative estimate of drug-likeness (QED) is 0.208. The molecule has 24 nitrogen and oxygen atoms in total. The van der Waals surface area contributed by atoms with E-state index in [1.807, 2.05) is 0 Å². The van der Waals surface area contributed by atoms with E-state index >= 15 is 32.8 Å². The van der Waals surface area contributed by atoms with Crippen LogP contribution in [0.4, 0.5) is 35.1 Å². The fraction of sp³-hybridized carbons (Fsp3) is 0.634. The van der Waals surface area contributed by atoms with E-state index in [2.05, 4.69) is 16.0 Å². The van der Waals surface area contributed by atoms with Crippen LogP contribution in [-0.2, 0) is 82.7 Å². The summed E-state index contributed by atoms with van der Waals surface area (Å²) in [4.78, 5) is 188. The highest BCUT2D eigenvalue weighted by atomic mass is 19.4. The Morgan fingerprint density at radius 1 is 0.631 bits per heavy atom. The Kier molecular flexibility index (Phi) is 27.1. The standard InChI is InChI=1S/C71H96F8N12O12/c1-12-41(3)58-66(101)85(7)40-56(94)87(9)51-23-15-14-18-33-91(65(51)100)53(37-42-25-28-45(29-26-42)70(74,75)76)64(99)84(6)39-54(92)80-48(30-27-43-35-46(72)57(47(73)36-43)71(77,78)79)62(97)90-34-19-24-50(90)61(96)82-69(31-20-32-69)68(103)89(11)59(44-21-16-17-22-44)67(102)88(10)52(63(98)83(4)5)38-55(93)86(8)49(13-2)60(95)81-58/h14-15,25-26,28-29,35-36,41,44,48-53,58-59H,12-13,16-24,27,30-34,37-40H2,1-11H3,(H,80,92)(H,81,95)(H,82,96)/b15-14-/t41-,48-,49-,50-,51-,52-,53-,58-,59-/m0/s1. The minimum Gasteiger partial charge on any atom is -0.347 e. The SMILES string of the molecule is CC[C@H](C)[C@@H]1NC(=O)[C@H](CC)N(C)C(=O)C[C@@H](C(=O)N(C)C)N(C)C(=O)[C@H](C2CCCC2)N(C)C(=O)C2(CCC2)NC(=O)[C@@H]2CCCN2C(=O)[C@H](CCc2cc(F)c(C(F)(F)F)c(F)c2)NC(=O)CN(C)C(=O)[C@H](Cc2ccc(C(F)(F)F)cc2)N2CC/C=C\C[C@@H](C2=O)N(C)C(=O)CN(C)C1=O. The van der Waals surface area contributed by atoms with Crippen LogP contribution >= 0.6 is 0 Å². The molecular formula is C71H96F8N12O12. The van der Waals surface area contributed by atoms with Gasteiger partial charge in [0.05, 0.1) is 25.1 Å². The number of carbonyl (C=O) groups is 12. The molecule has 5 aliphatic rings. The fourth-order valence-electron chi connectivity index (χ4n) is 14.4. The van der Waals surface area contributed by atoms with Crippen LogP contribution in [0.3, 0.4) is 0 Å². The smallest absolute Gasteiger partial charge is 0.347 e. The molecular weight excluding hydrogens is 1360 g/mol. The van der Waals surface area contributed by atoms with Crippen molar-refractivity contribution in [1.82, 2.24) is 60.0 Å². The van der Waals surface area contributed by atoms with Gasteiger partial charge in [0, 0.05) is 75.9 Å². The molecule has 0 aromatic heterocycles. The number of carbonyl (C=O) groups excluding carboxylic acids is 12. The highest BCUT2D eigenvalue weighted by Gasteiger charge is 2.53. The van der Waals surface area contributed by atoms with Crippen LogP contribution < -0.4 is 16.0 Å². The van der Waals surface area contributed by atoms with E-state index < -0.39 is 210 Å². The lowest BCUT2D eigenvalue weighted by atomic mass is 9.74. The van der Waals surface area contributed by atoms with Crippen LogP contribution in [0, 0.1) is 23.5 Å². The first-order valence-corrected chi connectivity index (χ1v) is 34.9. The number of hydrogen-bond acceptors (Lipinski definition) is 12. The van der Waals surface area contributed by atoms with Gasteiger partial charge < -0.3 is 60.0 Å². The molecule has 103 heavy (non-hydrogen) atoms. The molecule has 2 aromatic carbocycles. The summed E-state index contributed by atoms with van der Waals surface area (Å²) < 4.78 is 113. The number of halogens is 8. The lowest BCUT2D eigenvalue weighted by molar-refractivity contribution is -0.157. The van der Waals surface area contributed by atoms with Crippen molar-refractivity contribution in [2.75, 3.05) is 82.6 Å². The second-order valence-corrected chi connectivity index (χ2v) is 28.2. The molecule has 2 bridgehead atoms. The van der Waals surface area contributed by atoms with E-state index in [0.717, 1.165) is 65.6 Å². The lowest BCUT2D eigenvalue weighted by Crippen LogP contribution is -2.68. The third-order valence-corrected chi connectivity index (χ3v) is 21.0. The van der Waals surface area contributed by atoms with Gasteiger partial charge in [-0.2, -0.15) is 26.3 Å². The minimum absolute atomic E-state index is 0.00922. The van der Waals surface area contributed by atoms with E-state index in [0.29, 0.717) is 50.7 Å². The molecule has 2 aliphatic carbocycles. The summed E-state index contributed by atoms with van der Waals surface area (Å²) in [6.45, 7) is 3.07. The largest absolute Gasteiger partial charge is 0.422 e. The number of rotatable bonds is 10. The maximum atomic E-state index is 15.3. The summed E-state index contributed by atoms with van der Waals surface area (Å²) in [5.74, 6) is -14.9. The molecule has 2 aromatic rings. The van der Waals surface area contributed by atoms with Gasteiger partial charge in [0.25, 0.3) is 0 Å². The first-order valence-electron chi connectivity index (χ1n) is 34.9. The van der Waals surface area contributed by atoms with Crippen LogP contribution in [-0.4, -0.2) is 251 Å². The summed E-state index contributed by atoms with van der Waals surface area (Å²) in [7, 11) is 10.6. The number of hydrogen-bond donors (Lipinski definition) is 3. The van der Waals surface area contributed by atoms with Crippen LogP contribution in [0.5, 0.6) is 0 Å². The Labute approximate surface area is 594 Å². The van der Waals surface area contributed by atoms with Crippen LogP contribution in [0.2, 0.25) is 0 Å². The van der Waals surface area contributed by atoms with Crippen molar-refractivity contribution in [2.24, 2.45) is 11.8 Å². The summed E-state index contributed by atoms with van der Waals surface area (Å²) in [5.41, 5.74) is -5.14. The molecule has 7 rings (SSSR count). The van der Waals surface area contributed by atoms with E-state index in [-0.39, 0.29) is 69.2 Å². The zero-order valence-corrected chi connectivity index (χ0v) is 60.2. The Hall–Kier alpha value is -8.74. The minimum atomic E-state index is -5.44. The number of nitrogens with zero attached hydrogens (tertiary/aromatic N) is 9. The molecule has 12 amide bonds. The second kappa shape index (κ2) is 34.2. The van der Waals surface area contributed by atoms with Crippen molar-refractivity contribution in [3.8, 4) is 0 Å². The Morgan fingerprint density at radius 3 is 1.82 bits per heavy atom. The Bertz CT molecular complexity index is 3510. The number of likely N-dealkylation sites (N-methyl/N-ethyl adjacent to an activating group) is 7. The number of nitrogens with one attached hydrogen (secondary N) is 3. The second-order valence-electron chi connectivity index (χ2n) is 28.2.